The maximum Gasteiger partial charge on any atom is 0.323 e. The monoisotopic (exact) mass is 155 g/mol. The Kier molecular flexibility index (Phi) is 4.32. The maximum absolute atomic E-state index is 10.6. The van der Waals surface area contributed by atoms with Gasteiger partial charge in [-0.2, -0.15) is 0 Å². The van der Waals surface area contributed by atoms with Crippen LogP contribution in [0, 0.1) is 17.8 Å². The minimum atomic E-state index is -0.546. The average molecular weight is 155 g/mol. The van der Waals surface area contributed by atoms with Gasteiger partial charge in [0.1, 0.15) is 0 Å². The highest BCUT2D eigenvalue weighted by atomic mass is 16.5. The number of terminal acetylenes is 1. The van der Waals surface area contributed by atoms with Crippen LogP contribution in [0.15, 0.2) is 0 Å². The van der Waals surface area contributed by atoms with E-state index in [1.807, 2.05) is 0 Å². The molecule has 0 heterocycles. The Balaban J connectivity index is 3.54. The van der Waals surface area contributed by atoms with Crippen LogP contribution in [-0.4, -0.2) is 25.7 Å². The lowest BCUT2D eigenvalue weighted by molar-refractivity contribution is 0.243. The number of ether oxygens (including phenoxy) is 1. The summed E-state index contributed by atoms with van der Waals surface area (Å²) in [5.41, 5.74) is 0. The zero-order valence-corrected chi connectivity index (χ0v) is 6.10. The van der Waals surface area contributed by atoms with Crippen LogP contribution in [0.4, 0.5) is 4.79 Å². The standard InChI is InChI=1S/C6H9N3O2/c1-3-4-8-6(10)9-5(7)11-2/h1H,4H2,2H3,(H3,7,8,9,10). The summed E-state index contributed by atoms with van der Waals surface area (Å²) in [6.45, 7) is 0.128. The van der Waals surface area contributed by atoms with E-state index in [1.54, 1.807) is 0 Å². The molecule has 5 nitrogen and oxygen atoms in total. The van der Waals surface area contributed by atoms with Gasteiger partial charge in [0, 0.05) is 0 Å². The number of nitrogens with one attached hydrogen (secondary N) is 3. The Hall–Kier alpha value is -1.70. The lowest BCUT2D eigenvalue weighted by atomic mass is 10.7. The molecular formula is C6H9N3O2. The Morgan fingerprint density at radius 2 is 2.45 bits per heavy atom. The summed E-state index contributed by atoms with van der Waals surface area (Å²) in [7, 11) is 1.28. The molecule has 0 saturated heterocycles. The van der Waals surface area contributed by atoms with Gasteiger partial charge in [-0.3, -0.25) is 10.7 Å². The Bertz CT molecular complexity index is 194. The number of urea groups is 1. The Morgan fingerprint density at radius 3 is 2.91 bits per heavy atom. The molecule has 0 aromatic heterocycles. The summed E-state index contributed by atoms with van der Waals surface area (Å²) in [5, 5.41) is 11.2. The summed E-state index contributed by atoms with van der Waals surface area (Å²) in [6.07, 6.45) is 4.86. The molecule has 0 aliphatic carbocycles. The van der Waals surface area contributed by atoms with Gasteiger partial charge in [-0.05, 0) is 0 Å². The summed E-state index contributed by atoms with van der Waals surface area (Å²) in [5.74, 6) is 2.21. The van der Waals surface area contributed by atoms with E-state index in [0.29, 0.717) is 0 Å². The molecule has 0 aromatic carbocycles. The summed E-state index contributed by atoms with van der Waals surface area (Å²) >= 11 is 0. The number of amides is 2. The molecule has 2 amide bonds. The highest BCUT2D eigenvalue weighted by molar-refractivity contribution is 5.91. The highest BCUT2D eigenvalue weighted by Crippen LogP contribution is 1.68. The molecule has 0 spiro atoms. The molecule has 0 fully saturated rings. The van der Waals surface area contributed by atoms with Gasteiger partial charge in [0.15, 0.2) is 0 Å². The molecule has 0 rings (SSSR count). The molecule has 0 unspecified atom stereocenters. The first kappa shape index (κ1) is 9.30. The SMILES string of the molecule is C#CCNC(=O)NC(=N)OC. The maximum atomic E-state index is 10.6. The second kappa shape index (κ2) is 5.11. The summed E-state index contributed by atoms with van der Waals surface area (Å²) < 4.78 is 4.36. The normalized spacial score (nSPS) is 7.64. The zero-order chi connectivity index (χ0) is 8.69. The van der Waals surface area contributed by atoms with E-state index in [4.69, 9.17) is 11.8 Å². The van der Waals surface area contributed by atoms with Gasteiger partial charge in [-0.1, -0.05) is 5.92 Å². The number of methoxy groups -OCH3 is 1. The number of rotatable bonds is 1. The largest absolute Gasteiger partial charge is 0.468 e. The lowest BCUT2D eigenvalue weighted by Crippen LogP contribution is -2.39. The van der Waals surface area contributed by atoms with Crippen molar-refractivity contribution in [2.24, 2.45) is 0 Å². The first-order chi connectivity index (χ1) is 5.20. The van der Waals surface area contributed by atoms with E-state index in [0.717, 1.165) is 0 Å². The van der Waals surface area contributed by atoms with E-state index in [-0.39, 0.29) is 12.6 Å². The van der Waals surface area contributed by atoms with Crippen molar-refractivity contribution in [3.8, 4) is 12.3 Å². The molecule has 3 N–H and O–H groups in total. The van der Waals surface area contributed by atoms with Crippen LogP contribution in [0.2, 0.25) is 0 Å². The molecule has 0 aliphatic heterocycles. The molecule has 0 aromatic rings. The van der Waals surface area contributed by atoms with E-state index in [9.17, 15) is 4.79 Å². The number of carbonyl (C=O) groups excluding carboxylic acids is 1. The molecule has 5 heteroatoms. The number of hydrogen-bond donors (Lipinski definition) is 3. The van der Waals surface area contributed by atoms with Gasteiger partial charge < -0.3 is 10.1 Å². The molecule has 60 valence electrons. The predicted octanol–water partition coefficient (Wildman–Crippen LogP) is -0.500. The quantitative estimate of drug-likeness (QED) is 0.271. The van der Waals surface area contributed by atoms with Crippen LogP contribution < -0.4 is 10.6 Å². The summed E-state index contributed by atoms with van der Waals surface area (Å²) in [6, 6.07) is -0.866. The molecule has 11 heavy (non-hydrogen) atoms. The third kappa shape index (κ3) is 4.78. The van der Waals surface area contributed by atoms with Gasteiger partial charge in [0.05, 0.1) is 13.7 Å². The molecule has 0 bridgehead atoms. The van der Waals surface area contributed by atoms with E-state index >= 15 is 0 Å². The van der Waals surface area contributed by atoms with Crippen molar-refractivity contribution in [1.29, 1.82) is 5.41 Å². The molecule has 0 atom stereocenters. The van der Waals surface area contributed by atoms with Crippen molar-refractivity contribution in [3.63, 3.8) is 0 Å². The predicted molar refractivity (Wildman–Crippen MR) is 40.1 cm³/mol. The van der Waals surface area contributed by atoms with Crippen LogP contribution in [0.1, 0.15) is 0 Å². The minimum Gasteiger partial charge on any atom is -0.468 e. The second-order valence-corrected chi connectivity index (χ2v) is 1.55. The number of hydrogen-bond acceptors (Lipinski definition) is 3. The fourth-order valence-electron chi connectivity index (χ4n) is 0.330. The summed E-state index contributed by atoms with van der Waals surface area (Å²) in [4.78, 5) is 10.6. The van der Waals surface area contributed by atoms with Crippen LogP contribution in [0.25, 0.3) is 0 Å². The smallest absolute Gasteiger partial charge is 0.323 e. The van der Waals surface area contributed by atoms with Crippen molar-refractivity contribution >= 4 is 12.1 Å². The van der Waals surface area contributed by atoms with Crippen molar-refractivity contribution in [1.82, 2.24) is 10.6 Å². The van der Waals surface area contributed by atoms with Crippen molar-refractivity contribution < 1.29 is 9.53 Å². The van der Waals surface area contributed by atoms with Gasteiger partial charge in [-0.15, -0.1) is 6.42 Å². The van der Waals surface area contributed by atoms with Gasteiger partial charge in [-0.25, -0.2) is 4.79 Å². The molecule has 0 radical (unpaired) electrons. The molecule has 0 aliphatic rings. The third-order valence-electron chi connectivity index (χ3n) is 0.782. The second-order valence-electron chi connectivity index (χ2n) is 1.55. The van der Waals surface area contributed by atoms with Crippen LogP contribution in [0.3, 0.4) is 0 Å². The van der Waals surface area contributed by atoms with Gasteiger partial charge in [0.2, 0.25) is 0 Å². The van der Waals surface area contributed by atoms with Gasteiger partial charge in [0.25, 0.3) is 6.02 Å². The molecule has 0 saturated carbocycles. The van der Waals surface area contributed by atoms with Gasteiger partial charge >= 0.3 is 6.03 Å². The Labute approximate surface area is 64.6 Å². The first-order valence-electron chi connectivity index (χ1n) is 2.81. The van der Waals surface area contributed by atoms with E-state index in [2.05, 4.69) is 21.3 Å². The first-order valence-corrected chi connectivity index (χ1v) is 2.81. The number of amidine groups is 1. The van der Waals surface area contributed by atoms with Crippen LogP contribution in [-0.2, 0) is 4.74 Å². The molecular weight excluding hydrogens is 146 g/mol. The van der Waals surface area contributed by atoms with E-state index in [1.165, 1.54) is 7.11 Å². The van der Waals surface area contributed by atoms with Crippen molar-refractivity contribution in [2.45, 2.75) is 0 Å². The van der Waals surface area contributed by atoms with E-state index < -0.39 is 6.03 Å². The fourth-order valence-corrected chi connectivity index (χ4v) is 0.330. The topological polar surface area (TPSA) is 74.2 Å². The fraction of sp³-hybridized carbons (Fsp3) is 0.333. The van der Waals surface area contributed by atoms with Crippen molar-refractivity contribution in [3.05, 3.63) is 0 Å². The zero-order valence-electron chi connectivity index (χ0n) is 6.10. The van der Waals surface area contributed by atoms with Crippen LogP contribution in [0.5, 0.6) is 0 Å². The van der Waals surface area contributed by atoms with Crippen molar-refractivity contribution in [2.75, 3.05) is 13.7 Å². The number of carbonyl (C=O) groups is 1. The third-order valence-corrected chi connectivity index (χ3v) is 0.782. The highest BCUT2D eigenvalue weighted by Gasteiger charge is 2.00. The van der Waals surface area contributed by atoms with Crippen LogP contribution >= 0.6 is 0 Å². The average Bonchev–Trinajstić information content (AvgIpc) is 2.00. The lowest BCUT2D eigenvalue weighted by Gasteiger charge is -2.03. The Morgan fingerprint density at radius 1 is 1.82 bits per heavy atom. The minimum absolute atomic E-state index is 0.128.